The molecular formula is C16H32O2. The second-order valence-corrected chi connectivity index (χ2v) is 5.22. The van der Waals surface area contributed by atoms with Crippen molar-refractivity contribution in [2.75, 3.05) is 0 Å². The molecule has 2 heteroatoms. The lowest BCUT2D eigenvalue weighted by Gasteiger charge is -2.08. The first-order valence-corrected chi connectivity index (χ1v) is 7.75. The zero-order valence-electron chi connectivity index (χ0n) is 12.3. The minimum atomic E-state index is -0.382. The van der Waals surface area contributed by atoms with Gasteiger partial charge in [0.25, 0.3) is 0 Å². The van der Waals surface area contributed by atoms with Gasteiger partial charge in [-0.25, -0.2) is 0 Å². The third kappa shape index (κ3) is 12.1. The van der Waals surface area contributed by atoms with Crippen LogP contribution >= 0.6 is 0 Å². The monoisotopic (exact) mass is 256 g/mol. The fourth-order valence-corrected chi connectivity index (χ4v) is 2.01. The number of hydrogen-bond donors (Lipinski definition) is 2. The fraction of sp³-hybridized carbons (Fsp3) is 0.875. The summed E-state index contributed by atoms with van der Waals surface area (Å²) in [6, 6.07) is 0. The fourth-order valence-electron chi connectivity index (χ4n) is 2.01. The first kappa shape index (κ1) is 17.7. The zero-order chi connectivity index (χ0) is 13.6. The third-order valence-corrected chi connectivity index (χ3v) is 3.26. The Morgan fingerprint density at radius 1 is 0.667 bits per heavy atom. The predicted octanol–water partition coefficient (Wildman–Crippen LogP) is 4.21. The molecule has 0 heterocycles. The summed E-state index contributed by atoms with van der Waals surface area (Å²) in [4.78, 5) is 0. The predicted molar refractivity (Wildman–Crippen MR) is 78.7 cm³/mol. The molecule has 0 aromatic rings. The van der Waals surface area contributed by atoms with Crippen LogP contribution < -0.4 is 0 Å². The van der Waals surface area contributed by atoms with E-state index in [4.69, 9.17) is 0 Å². The summed E-state index contributed by atoms with van der Waals surface area (Å²) in [7, 11) is 0. The van der Waals surface area contributed by atoms with Crippen molar-refractivity contribution in [1.82, 2.24) is 0 Å². The lowest BCUT2D eigenvalue weighted by atomic mass is 10.1. The van der Waals surface area contributed by atoms with E-state index in [1.54, 1.807) is 12.2 Å². The van der Waals surface area contributed by atoms with Gasteiger partial charge in [0.05, 0.1) is 12.2 Å². The van der Waals surface area contributed by atoms with Gasteiger partial charge in [-0.15, -0.1) is 0 Å². The molecule has 0 bridgehead atoms. The SMILES string of the molecule is CCCCCCC(O)C=CC(O)CCCCCC. The summed E-state index contributed by atoms with van der Waals surface area (Å²) in [6.45, 7) is 4.37. The van der Waals surface area contributed by atoms with Crippen LogP contribution in [0.3, 0.4) is 0 Å². The quantitative estimate of drug-likeness (QED) is 0.406. The Morgan fingerprint density at radius 3 is 1.39 bits per heavy atom. The lowest BCUT2D eigenvalue weighted by Crippen LogP contribution is -2.06. The highest BCUT2D eigenvalue weighted by Crippen LogP contribution is 2.09. The van der Waals surface area contributed by atoms with Gasteiger partial charge in [0, 0.05) is 0 Å². The number of aliphatic hydroxyl groups is 2. The highest BCUT2D eigenvalue weighted by molar-refractivity contribution is 4.93. The Hall–Kier alpha value is -0.340. The Balaban J connectivity index is 3.51. The molecule has 2 nitrogen and oxygen atoms in total. The van der Waals surface area contributed by atoms with Gasteiger partial charge in [-0.1, -0.05) is 77.4 Å². The molecule has 0 radical (unpaired) electrons. The Labute approximate surface area is 113 Å². The number of unbranched alkanes of at least 4 members (excludes halogenated alkanes) is 6. The van der Waals surface area contributed by atoms with E-state index in [2.05, 4.69) is 13.8 Å². The first-order valence-electron chi connectivity index (χ1n) is 7.75. The number of aliphatic hydroxyl groups excluding tert-OH is 2. The highest BCUT2D eigenvalue weighted by Gasteiger charge is 2.02. The van der Waals surface area contributed by atoms with Crippen LogP contribution in [-0.4, -0.2) is 22.4 Å². The van der Waals surface area contributed by atoms with Gasteiger partial charge in [0.1, 0.15) is 0 Å². The maximum absolute atomic E-state index is 9.71. The summed E-state index contributed by atoms with van der Waals surface area (Å²) in [5, 5.41) is 19.4. The molecule has 0 aliphatic carbocycles. The van der Waals surface area contributed by atoms with E-state index in [9.17, 15) is 10.2 Å². The Kier molecular flexibility index (Phi) is 12.9. The molecule has 2 unspecified atom stereocenters. The molecule has 2 atom stereocenters. The topological polar surface area (TPSA) is 40.5 Å². The molecule has 0 saturated carbocycles. The highest BCUT2D eigenvalue weighted by atomic mass is 16.3. The summed E-state index contributed by atoms with van der Waals surface area (Å²) in [5.74, 6) is 0. The third-order valence-electron chi connectivity index (χ3n) is 3.26. The van der Waals surface area contributed by atoms with E-state index in [-0.39, 0.29) is 12.2 Å². The molecule has 0 spiro atoms. The average Bonchev–Trinajstić information content (AvgIpc) is 2.37. The minimum absolute atomic E-state index is 0.382. The molecular weight excluding hydrogens is 224 g/mol. The normalized spacial score (nSPS) is 15.1. The van der Waals surface area contributed by atoms with Crippen LogP contribution in [0.1, 0.15) is 78.1 Å². The van der Waals surface area contributed by atoms with Crippen molar-refractivity contribution in [1.29, 1.82) is 0 Å². The van der Waals surface area contributed by atoms with Gasteiger partial charge in [-0.2, -0.15) is 0 Å². The van der Waals surface area contributed by atoms with E-state index in [1.807, 2.05) is 0 Å². The van der Waals surface area contributed by atoms with E-state index < -0.39 is 0 Å². The van der Waals surface area contributed by atoms with Gasteiger partial charge in [0.15, 0.2) is 0 Å². The summed E-state index contributed by atoms with van der Waals surface area (Å²) >= 11 is 0. The maximum atomic E-state index is 9.71. The summed E-state index contributed by atoms with van der Waals surface area (Å²) < 4.78 is 0. The van der Waals surface area contributed by atoms with Gasteiger partial charge >= 0.3 is 0 Å². The van der Waals surface area contributed by atoms with Crippen LogP contribution in [0.2, 0.25) is 0 Å². The van der Waals surface area contributed by atoms with Crippen LogP contribution in [0.4, 0.5) is 0 Å². The van der Waals surface area contributed by atoms with Crippen molar-refractivity contribution in [2.45, 2.75) is 90.3 Å². The van der Waals surface area contributed by atoms with Crippen LogP contribution in [-0.2, 0) is 0 Å². The van der Waals surface area contributed by atoms with Crippen LogP contribution in [0, 0.1) is 0 Å². The molecule has 108 valence electrons. The minimum Gasteiger partial charge on any atom is -0.389 e. The molecule has 0 aromatic heterocycles. The second kappa shape index (κ2) is 13.1. The standard InChI is InChI=1S/C16H32O2/c1-3-5-7-9-11-15(17)13-14-16(18)12-10-8-6-4-2/h13-18H,3-12H2,1-2H3. The molecule has 0 amide bonds. The zero-order valence-corrected chi connectivity index (χ0v) is 12.3. The smallest absolute Gasteiger partial charge is 0.0721 e. The van der Waals surface area contributed by atoms with Crippen LogP contribution in [0.25, 0.3) is 0 Å². The van der Waals surface area contributed by atoms with Crippen LogP contribution in [0.15, 0.2) is 12.2 Å². The molecule has 0 aromatic carbocycles. The van der Waals surface area contributed by atoms with E-state index in [1.165, 1.54) is 38.5 Å². The maximum Gasteiger partial charge on any atom is 0.0721 e. The van der Waals surface area contributed by atoms with E-state index >= 15 is 0 Å². The van der Waals surface area contributed by atoms with Gasteiger partial charge in [-0.3, -0.25) is 0 Å². The van der Waals surface area contributed by atoms with E-state index in [0.717, 1.165) is 25.7 Å². The van der Waals surface area contributed by atoms with Crippen molar-refractivity contribution in [3.05, 3.63) is 12.2 Å². The molecule has 0 fully saturated rings. The van der Waals surface area contributed by atoms with Crippen molar-refractivity contribution < 1.29 is 10.2 Å². The molecule has 0 aliphatic rings. The second-order valence-electron chi connectivity index (χ2n) is 5.22. The first-order chi connectivity index (χ1) is 8.70. The molecule has 2 N–H and O–H groups in total. The van der Waals surface area contributed by atoms with Crippen molar-refractivity contribution in [2.24, 2.45) is 0 Å². The van der Waals surface area contributed by atoms with Crippen molar-refractivity contribution in [3.63, 3.8) is 0 Å². The average molecular weight is 256 g/mol. The summed E-state index contributed by atoms with van der Waals surface area (Å²) in [5.41, 5.74) is 0. The molecule has 18 heavy (non-hydrogen) atoms. The largest absolute Gasteiger partial charge is 0.389 e. The molecule has 0 rings (SSSR count). The number of hydrogen-bond acceptors (Lipinski definition) is 2. The summed E-state index contributed by atoms with van der Waals surface area (Å²) in [6.07, 6.45) is 13.9. The molecule has 0 aliphatic heterocycles. The Bertz CT molecular complexity index is 170. The number of rotatable bonds is 12. The van der Waals surface area contributed by atoms with Crippen molar-refractivity contribution >= 4 is 0 Å². The Morgan fingerprint density at radius 2 is 1.06 bits per heavy atom. The van der Waals surface area contributed by atoms with Crippen LogP contribution in [0.5, 0.6) is 0 Å². The lowest BCUT2D eigenvalue weighted by molar-refractivity contribution is 0.192. The van der Waals surface area contributed by atoms with Gasteiger partial charge in [0.2, 0.25) is 0 Å². The van der Waals surface area contributed by atoms with Gasteiger partial charge < -0.3 is 10.2 Å². The van der Waals surface area contributed by atoms with Crippen molar-refractivity contribution in [3.8, 4) is 0 Å². The van der Waals surface area contributed by atoms with Gasteiger partial charge in [-0.05, 0) is 12.8 Å². The van der Waals surface area contributed by atoms with E-state index in [0.29, 0.717) is 0 Å². The molecule has 0 saturated heterocycles.